The minimum atomic E-state index is -0.131. The molecule has 144 valence electrons. The second kappa shape index (κ2) is 8.41. The summed E-state index contributed by atoms with van der Waals surface area (Å²) < 4.78 is 1.66. The van der Waals surface area contributed by atoms with Gasteiger partial charge in [-0.2, -0.15) is 5.10 Å². The maximum absolute atomic E-state index is 12.8. The first-order valence-electron chi connectivity index (χ1n) is 9.17. The molecule has 0 saturated carbocycles. The van der Waals surface area contributed by atoms with E-state index in [1.807, 2.05) is 41.3 Å². The molecule has 28 heavy (non-hydrogen) atoms. The van der Waals surface area contributed by atoms with Crippen LogP contribution in [0.15, 0.2) is 61.1 Å². The first kappa shape index (κ1) is 18.5. The number of halogens is 1. The number of carbonyl (C=O) groups excluding carboxylic acids is 1. The number of amides is 2. The molecule has 1 fully saturated rings. The molecule has 0 spiro atoms. The van der Waals surface area contributed by atoms with Crippen LogP contribution in [0.2, 0.25) is 5.02 Å². The Morgan fingerprint density at radius 2 is 1.89 bits per heavy atom. The number of piperazine rings is 1. The summed E-state index contributed by atoms with van der Waals surface area (Å²) >= 11 is 6.35. The van der Waals surface area contributed by atoms with E-state index in [9.17, 15) is 4.79 Å². The predicted molar refractivity (Wildman–Crippen MR) is 109 cm³/mol. The molecular formula is C20H21ClN6O. The number of aromatic nitrogens is 3. The maximum atomic E-state index is 12.8. The van der Waals surface area contributed by atoms with E-state index >= 15 is 0 Å². The van der Waals surface area contributed by atoms with E-state index in [1.54, 1.807) is 29.3 Å². The molecule has 3 aromatic rings. The van der Waals surface area contributed by atoms with Crippen molar-refractivity contribution < 1.29 is 4.79 Å². The number of anilines is 1. The fraction of sp³-hybridized carbons (Fsp3) is 0.250. The minimum absolute atomic E-state index is 0.131. The lowest BCUT2D eigenvalue weighted by Crippen LogP contribution is -2.49. The first-order valence-corrected chi connectivity index (χ1v) is 9.55. The summed E-state index contributed by atoms with van der Waals surface area (Å²) in [6.45, 7) is 3.75. The highest BCUT2D eigenvalue weighted by Gasteiger charge is 2.22. The van der Waals surface area contributed by atoms with Crippen LogP contribution in [-0.4, -0.2) is 56.8 Å². The van der Waals surface area contributed by atoms with Crippen LogP contribution in [0.1, 0.15) is 5.69 Å². The molecule has 1 saturated heterocycles. The number of rotatable bonds is 4. The standard InChI is InChI=1S/C20H21ClN6O/c21-17-6-3-7-18(19(17)27-10-4-9-23-27)24-20(28)26-13-11-25(12-14-26)15-16-5-1-2-8-22-16/h1-10H,11-15H2,(H,24,28). The van der Waals surface area contributed by atoms with Crippen LogP contribution >= 0.6 is 11.6 Å². The molecule has 0 radical (unpaired) electrons. The summed E-state index contributed by atoms with van der Waals surface area (Å²) in [5, 5.41) is 7.75. The number of para-hydroxylation sites is 1. The lowest BCUT2D eigenvalue weighted by molar-refractivity contribution is 0.142. The number of pyridine rings is 1. The highest BCUT2D eigenvalue weighted by Crippen LogP contribution is 2.28. The number of benzene rings is 1. The van der Waals surface area contributed by atoms with Crippen LogP contribution in [-0.2, 0) is 6.54 Å². The van der Waals surface area contributed by atoms with Crippen molar-refractivity contribution in [2.24, 2.45) is 0 Å². The van der Waals surface area contributed by atoms with E-state index in [-0.39, 0.29) is 6.03 Å². The van der Waals surface area contributed by atoms with E-state index in [4.69, 9.17) is 11.6 Å². The van der Waals surface area contributed by atoms with Crippen molar-refractivity contribution in [1.82, 2.24) is 24.6 Å². The zero-order valence-corrected chi connectivity index (χ0v) is 16.1. The number of hydrogen-bond donors (Lipinski definition) is 1. The van der Waals surface area contributed by atoms with Crippen molar-refractivity contribution in [2.45, 2.75) is 6.54 Å². The highest BCUT2D eigenvalue weighted by atomic mass is 35.5. The molecule has 1 N–H and O–H groups in total. The fourth-order valence-electron chi connectivity index (χ4n) is 3.27. The summed E-state index contributed by atoms with van der Waals surface area (Å²) in [7, 11) is 0. The van der Waals surface area contributed by atoms with Crippen LogP contribution in [0.3, 0.4) is 0 Å². The molecule has 0 aliphatic carbocycles. The molecule has 1 aliphatic rings. The Bertz CT molecular complexity index is 923. The number of carbonyl (C=O) groups is 1. The third-order valence-corrected chi connectivity index (χ3v) is 5.04. The number of hydrogen-bond acceptors (Lipinski definition) is 4. The van der Waals surface area contributed by atoms with Gasteiger partial charge in [0.15, 0.2) is 0 Å². The minimum Gasteiger partial charge on any atom is -0.322 e. The van der Waals surface area contributed by atoms with Gasteiger partial charge in [0.2, 0.25) is 0 Å². The van der Waals surface area contributed by atoms with Crippen LogP contribution in [0.4, 0.5) is 10.5 Å². The molecule has 0 bridgehead atoms. The van der Waals surface area contributed by atoms with Crippen LogP contribution < -0.4 is 5.32 Å². The van der Waals surface area contributed by atoms with Gasteiger partial charge in [0.05, 0.1) is 16.4 Å². The Labute approximate surface area is 168 Å². The Morgan fingerprint density at radius 1 is 1.04 bits per heavy atom. The fourth-order valence-corrected chi connectivity index (χ4v) is 3.54. The maximum Gasteiger partial charge on any atom is 0.321 e. The summed E-state index contributed by atoms with van der Waals surface area (Å²) in [5.41, 5.74) is 2.34. The molecule has 8 heteroatoms. The molecule has 2 aromatic heterocycles. The average Bonchev–Trinajstić information content (AvgIpc) is 3.24. The molecule has 2 amide bonds. The van der Waals surface area contributed by atoms with Gasteiger partial charge in [0, 0.05) is 51.3 Å². The topological polar surface area (TPSA) is 66.3 Å². The summed E-state index contributed by atoms with van der Waals surface area (Å²) in [5.74, 6) is 0. The van der Waals surface area contributed by atoms with Gasteiger partial charge in [-0.1, -0.05) is 23.7 Å². The lowest BCUT2D eigenvalue weighted by Gasteiger charge is -2.34. The summed E-state index contributed by atoms with van der Waals surface area (Å²) in [4.78, 5) is 21.3. The first-order chi connectivity index (χ1) is 13.7. The molecule has 1 aliphatic heterocycles. The van der Waals surface area contributed by atoms with Crippen LogP contribution in [0.25, 0.3) is 5.69 Å². The van der Waals surface area contributed by atoms with Crippen molar-refractivity contribution in [3.63, 3.8) is 0 Å². The quantitative estimate of drug-likeness (QED) is 0.735. The Morgan fingerprint density at radius 3 is 2.61 bits per heavy atom. The van der Waals surface area contributed by atoms with Crippen molar-refractivity contribution in [3.05, 3.63) is 71.8 Å². The number of urea groups is 1. The van der Waals surface area contributed by atoms with Gasteiger partial charge in [-0.25, -0.2) is 9.48 Å². The van der Waals surface area contributed by atoms with Gasteiger partial charge < -0.3 is 10.2 Å². The smallest absolute Gasteiger partial charge is 0.321 e. The van der Waals surface area contributed by atoms with Crippen molar-refractivity contribution in [1.29, 1.82) is 0 Å². The molecular weight excluding hydrogens is 376 g/mol. The van der Waals surface area contributed by atoms with Crippen LogP contribution in [0, 0.1) is 0 Å². The highest BCUT2D eigenvalue weighted by molar-refractivity contribution is 6.33. The lowest BCUT2D eigenvalue weighted by atomic mass is 10.2. The van der Waals surface area contributed by atoms with Gasteiger partial charge in [-0.05, 0) is 30.3 Å². The molecule has 0 unspecified atom stereocenters. The zero-order valence-electron chi connectivity index (χ0n) is 15.3. The van der Waals surface area contributed by atoms with E-state index < -0.39 is 0 Å². The average molecular weight is 397 g/mol. The monoisotopic (exact) mass is 396 g/mol. The van der Waals surface area contributed by atoms with Gasteiger partial charge in [-0.15, -0.1) is 0 Å². The van der Waals surface area contributed by atoms with Crippen molar-refractivity contribution in [2.75, 3.05) is 31.5 Å². The number of nitrogens with zero attached hydrogens (tertiary/aromatic N) is 5. The van der Waals surface area contributed by atoms with Gasteiger partial charge >= 0.3 is 6.03 Å². The SMILES string of the molecule is O=C(Nc1cccc(Cl)c1-n1cccn1)N1CCN(Cc2ccccn2)CC1. The van der Waals surface area contributed by atoms with E-state index in [0.717, 1.165) is 25.3 Å². The second-order valence-corrected chi connectivity index (χ2v) is 7.01. The van der Waals surface area contributed by atoms with E-state index in [0.29, 0.717) is 29.5 Å². The molecule has 0 atom stereocenters. The normalized spacial score (nSPS) is 14.8. The molecule has 4 rings (SSSR count). The van der Waals surface area contributed by atoms with E-state index in [2.05, 4.69) is 20.3 Å². The third-order valence-electron chi connectivity index (χ3n) is 4.73. The largest absolute Gasteiger partial charge is 0.322 e. The molecule has 1 aromatic carbocycles. The Hall–Kier alpha value is -2.90. The zero-order chi connectivity index (χ0) is 19.3. The van der Waals surface area contributed by atoms with Gasteiger partial charge in [0.1, 0.15) is 5.69 Å². The Kier molecular flexibility index (Phi) is 5.55. The summed E-state index contributed by atoms with van der Waals surface area (Å²) in [6.07, 6.45) is 5.28. The second-order valence-electron chi connectivity index (χ2n) is 6.60. The van der Waals surface area contributed by atoms with Gasteiger partial charge in [-0.3, -0.25) is 9.88 Å². The van der Waals surface area contributed by atoms with E-state index in [1.165, 1.54) is 0 Å². The Balaban J connectivity index is 1.39. The van der Waals surface area contributed by atoms with Gasteiger partial charge in [0.25, 0.3) is 0 Å². The number of nitrogens with one attached hydrogen (secondary N) is 1. The molecule has 3 heterocycles. The van der Waals surface area contributed by atoms with Crippen molar-refractivity contribution >= 4 is 23.3 Å². The third kappa shape index (κ3) is 4.16. The predicted octanol–water partition coefficient (Wildman–Crippen LogP) is 3.27. The van der Waals surface area contributed by atoms with Crippen LogP contribution in [0.5, 0.6) is 0 Å². The summed E-state index contributed by atoms with van der Waals surface area (Å²) in [6, 6.07) is 13.0. The molecule has 7 nitrogen and oxygen atoms in total. The van der Waals surface area contributed by atoms with Crippen molar-refractivity contribution in [3.8, 4) is 5.69 Å².